The summed E-state index contributed by atoms with van der Waals surface area (Å²) in [6, 6.07) is 10.3. The summed E-state index contributed by atoms with van der Waals surface area (Å²) in [5, 5.41) is 12.9. The molecule has 0 aliphatic carbocycles. The number of nitrogens with zero attached hydrogens (tertiary/aromatic N) is 1. The lowest BCUT2D eigenvalue weighted by Crippen LogP contribution is -2.46. The lowest BCUT2D eigenvalue weighted by Gasteiger charge is -2.17. The fourth-order valence-electron chi connectivity index (χ4n) is 2.68. The minimum atomic E-state index is -1.08. The largest absolute Gasteiger partial charge is 0.480 e. The van der Waals surface area contributed by atoms with Crippen molar-refractivity contribution in [1.29, 1.82) is 0 Å². The van der Waals surface area contributed by atoms with Crippen molar-refractivity contribution in [2.45, 2.75) is 31.4 Å². The van der Waals surface area contributed by atoms with Crippen molar-refractivity contribution in [3.63, 3.8) is 0 Å². The highest BCUT2D eigenvalue weighted by Crippen LogP contribution is 2.14. The molecule has 0 radical (unpaired) electrons. The van der Waals surface area contributed by atoms with Crippen LogP contribution < -0.4 is 5.32 Å². The summed E-state index contributed by atoms with van der Waals surface area (Å²) in [6.45, 7) is 0.544. The Kier molecular flexibility index (Phi) is 4.52. The number of benzene rings is 1. The third-order valence-corrected chi connectivity index (χ3v) is 3.91. The maximum atomic E-state index is 12.0. The van der Waals surface area contributed by atoms with E-state index < -0.39 is 18.1 Å². The van der Waals surface area contributed by atoms with Crippen LogP contribution in [0.4, 0.5) is 0 Å². The molecule has 2 N–H and O–H groups in total. The third kappa shape index (κ3) is 3.65. The molecule has 1 aromatic heterocycles. The van der Waals surface area contributed by atoms with Crippen LogP contribution in [0.3, 0.4) is 0 Å². The second kappa shape index (κ2) is 6.75. The number of amides is 1. The summed E-state index contributed by atoms with van der Waals surface area (Å²) in [5.74, 6) is -1.44. The molecule has 2 atom stereocenters. The first kappa shape index (κ1) is 15.4. The number of pyridine rings is 1. The quantitative estimate of drug-likeness (QED) is 0.873. The van der Waals surface area contributed by atoms with E-state index in [1.807, 2.05) is 30.3 Å². The van der Waals surface area contributed by atoms with Crippen molar-refractivity contribution in [2.24, 2.45) is 0 Å². The number of nitrogens with one attached hydrogen (secondary N) is 1. The van der Waals surface area contributed by atoms with Gasteiger partial charge in [0.1, 0.15) is 12.1 Å². The number of aliphatic carboxylic acids is 1. The summed E-state index contributed by atoms with van der Waals surface area (Å²) in [6.07, 6.45) is 1.05. The van der Waals surface area contributed by atoms with E-state index in [1.165, 1.54) is 0 Å². The number of rotatable bonds is 5. The van der Waals surface area contributed by atoms with Crippen molar-refractivity contribution < 1.29 is 19.4 Å². The molecule has 0 unspecified atom stereocenters. The number of hydrogen-bond donors (Lipinski definition) is 2. The van der Waals surface area contributed by atoms with Gasteiger partial charge < -0.3 is 15.2 Å². The second-order valence-corrected chi connectivity index (χ2v) is 5.60. The van der Waals surface area contributed by atoms with Gasteiger partial charge in [-0.25, -0.2) is 4.79 Å². The van der Waals surface area contributed by atoms with Crippen molar-refractivity contribution in [3.8, 4) is 0 Å². The molecule has 2 heterocycles. The normalized spacial score (nSPS) is 18.7. The number of carbonyl (C=O) groups excluding carboxylic acids is 1. The monoisotopic (exact) mass is 314 g/mol. The summed E-state index contributed by atoms with van der Waals surface area (Å²) in [5.41, 5.74) is 1.43. The van der Waals surface area contributed by atoms with Gasteiger partial charge in [0, 0.05) is 24.1 Å². The standard InChI is InChI=1S/C17H18N2O4/c20-16(15-6-3-9-23-15)19-14(17(21)22)10-12-8-7-11-4-1-2-5-13(11)18-12/h1-2,4-5,7-8,14-15H,3,6,9-10H2,(H,19,20)(H,21,22)/t14-,15+/m0/s1. The van der Waals surface area contributed by atoms with Crippen LogP contribution in [0.5, 0.6) is 0 Å². The summed E-state index contributed by atoms with van der Waals surface area (Å²) in [7, 11) is 0. The predicted molar refractivity (Wildman–Crippen MR) is 84.0 cm³/mol. The molecule has 23 heavy (non-hydrogen) atoms. The minimum Gasteiger partial charge on any atom is -0.480 e. The van der Waals surface area contributed by atoms with Gasteiger partial charge >= 0.3 is 5.97 Å². The average Bonchev–Trinajstić information content (AvgIpc) is 3.08. The van der Waals surface area contributed by atoms with E-state index in [2.05, 4.69) is 10.3 Å². The van der Waals surface area contributed by atoms with Gasteiger partial charge in [0.25, 0.3) is 0 Å². The van der Waals surface area contributed by atoms with E-state index in [-0.39, 0.29) is 12.3 Å². The number of carbonyl (C=O) groups is 2. The van der Waals surface area contributed by atoms with Gasteiger partial charge in [0.15, 0.2) is 0 Å². The van der Waals surface area contributed by atoms with Crippen LogP contribution in [-0.2, 0) is 20.7 Å². The SMILES string of the molecule is O=C(O)[C@H](Cc1ccc2ccccc2n1)NC(=O)[C@H]1CCCO1. The lowest BCUT2D eigenvalue weighted by atomic mass is 10.1. The Labute approximate surface area is 133 Å². The van der Waals surface area contributed by atoms with E-state index in [0.29, 0.717) is 18.7 Å². The molecule has 0 saturated carbocycles. The number of fused-ring (bicyclic) bond motifs is 1. The zero-order valence-corrected chi connectivity index (χ0v) is 12.6. The molecule has 120 valence electrons. The van der Waals surface area contributed by atoms with Crippen LogP contribution in [0.25, 0.3) is 10.9 Å². The first-order chi connectivity index (χ1) is 11.1. The van der Waals surface area contributed by atoms with Crippen LogP contribution in [-0.4, -0.2) is 40.7 Å². The predicted octanol–water partition coefficient (Wildman–Crippen LogP) is 1.53. The zero-order chi connectivity index (χ0) is 16.2. The van der Waals surface area contributed by atoms with Gasteiger partial charge in [-0.1, -0.05) is 24.3 Å². The van der Waals surface area contributed by atoms with E-state index in [0.717, 1.165) is 17.3 Å². The van der Waals surface area contributed by atoms with Crippen molar-refractivity contribution in [1.82, 2.24) is 10.3 Å². The Balaban J connectivity index is 1.72. The summed E-state index contributed by atoms with van der Waals surface area (Å²) < 4.78 is 5.28. The van der Waals surface area contributed by atoms with Gasteiger partial charge in [-0.3, -0.25) is 9.78 Å². The van der Waals surface area contributed by atoms with Crippen LogP contribution in [0.1, 0.15) is 18.5 Å². The van der Waals surface area contributed by atoms with Crippen LogP contribution in [0.15, 0.2) is 36.4 Å². The van der Waals surface area contributed by atoms with Crippen LogP contribution in [0, 0.1) is 0 Å². The Morgan fingerprint density at radius 3 is 2.87 bits per heavy atom. The maximum absolute atomic E-state index is 12.0. The highest BCUT2D eigenvalue weighted by molar-refractivity contribution is 5.86. The topological polar surface area (TPSA) is 88.5 Å². The van der Waals surface area contributed by atoms with Gasteiger partial charge in [0.05, 0.1) is 5.52 Å². The fourth-order valence-corrected chi connectivity index (χ4v) is 2.68. The van der Waals surface area contributed by atoms with Crippen molar-refractivity contribution >= 4 is 22.8 Å². The van der Waals surface area contributed by atoms with Gasteiger partial charge in [0.2, 0.25) is 5.91 Å². The first-order valence-corrected chi connectivity index (χ1v) is 7.63. The Morgan fingerprint density at radius 1 is 1.30 bits per heavy atom. The second-order valence-electron chi connectivity index (χ2n) is 5.60. The molecule has 0 bridgehead atoms. The molecule has 3 rings (SSSR count). The molecule has 6 heteroatoms. The molecule has 1 saturated heterocycles. The van der Waals surface area contributed by atoms with Gasteiger partial charge in [-0.2, -0.15) is 0 Å². The molecule has 1 aromatic carbocycles. The molecule has 2 aromatic rings. The molecule has 1 aliphatic heterocycles. The van der Waals surface area contributed by atoms with Crippen LogP contribution in [0.2, 0.25) is 0 Å². The average molecular weight is 314 g/mol. The van der Waals surface area contributed by atoms with E-state index in [1.54, 1.807) is 6.07 Å². The Hall–Kier alpha value is -2.47. The third-order valence-electron chi connectivity index (χ3n) is 3.91. The molecule has 1 aliphatic rings. The van der Waals surface area contributed by atoms with E-state index in [4.69, 9.17) is 4.74 Å². The Bertz CT molecular complexity index is 725. The van der Waals surface area contributed by atoms with Gasteiger partial charge in [-0.05, 0) is 25.0 Å². The molecular formula is C17H18N2O4. The Morgan fingerprint density at radius 2 is 2.13 bits per heavy atom. The number of carboxylic acids is 1. The molecule has 1 fully saturated rings. The van der Waals surface area contributed by atoms with Crippen molar-refractivity contribution in [3.05, 3.63) is 42.1 Å². The minimum absolute atomic E-state index is 0.138. The van der Waals surface area contributed by atoms with Gasteiger partial charge in [-0.15, -0.1) is 0 Å². The molecule has 6 nitrogen and oxygen atoms in total. The number of para-hydroxylation sites is 1. The van der Waals surface area contributed by atoms with Crippen molar-refractivity contribution in [2.75, 3.05) is 6.61 Å². The van der Waals surface area contributed by atoms with Crippen LogP contribution >= 0.6 is 0 Å². The van der Waals surface area contributed by atoms with E-state index >= 15 is 0 Å². The number of ether oxygens (including phenoxy) is 1. The number of hydrogen-bond acceptors (Lipinski definition) is 4. The smallest absolute Gasteiger partial charge is 0.326 e. The van der Waals surface area contributed by atoms with E-state index in [9.17, 15) is 14.7 Å². The summed E-state index contributed by atoms with van der Waals surface area (Å²) in [4.78, 5) is 27.9. The first-order valence-electron chi connectivity index (χ1n) is 7.63. The molecule has 0 spiro atoms. The molecule has 1 amide bonds. The number of carboxylic acid groups (broad SMARTS) is 1. The highest BCUT2D eigenvalue weighted by Gasteiger charge is 2.28. The fraction of sp³-hybridized carbons (Fsp3) is 0.353. The zero-order valence-electron chi connectivity index (χ0n) is 12.6. The highest BCUT2D eigenvalue weighted by atomic mass is 16.5. The molecular weight excluding hydrogens is 296 g/mol. The number of aromatic nitrogens is 1. The maximum Gasteiger partial charge on any atom is 0.326 e. The summed E-state index contributed by atoms with van der Waals surface area (Å²) >= 11 is 0. The lowest BCUT2D eigenvalue weighted by molar-refractivity contribution is -0.143.